The summed E-state index contributed by atoms with van der Waals surface area (Å²) < 4.78 is 0. The third-order valence-electron chi connectivity index (χ3n) is 0.622. The second kappa shape index (κ2) is 4.49. The van der Waals surface area contributed by atoms with Crippen LogP contribution in [-0.2, 0) is 4.79 Å². The van der Waals surface area contributed by atoms with E-state index in [0.717, 1.165) is 0 Å². The Morgan fingerprint density at radius 1 is 1.89 bits per heavy atom. The summed E-state index contributed by atoms with van der Waals surface area (Å²) >= 11 is 0. The van der Waals surface area contributed by atoms with Crippen LogP contribution in [0.5, 0.6) is 0 Å². The zero-order valence-electron chi connectivity index (χ0n) is 5.96. The predicted molar refractivity (Wildman–Crippen MR) is 27.2 cm³/mol. The van der Waals surface area contributed by atoms with Crippen LogP contribution in [0.25, 0.3) is 0 Å². The summed E-state index contributed by atoms with van der Waals surface area (Å²) in [5.41, 5.74) is 0. The minimum Gasteiger partial charge on any atom is -1.00 e. The predicted octanol–water partition coefficient (Wildman–Crippen LogP) is -3.51. The number of aromatic nitrogens is 3. The van der Waals surface area contributed by atoms with Crippen molar-refractivity contribution in [1.29, 1.82) is 0 Å². The van der Waals surface area contributed by atoms with E-state index in [1.165, 1.54) is 6.20 Å². The third-order valence-corrected chi connectivity index (χ3v) is 0.622. The van der Waals surface area contributed by atoms with Gasteiger partial charge >= 0.3 is 29.6 Å². The average molecular weight is 136 g/mol. The first-order valence-corrected chi connectivity index (χ1v) is 1.99. The maximum Gasteiger partial charge on any atom is 1.00 e. The number of amides is 1. The molecular weight excluding hydrogens is 131 g/mol. The average Bonchev–Trinajstić information content (AvgIpc) is 2.19. The Morgan fingerprint density at radius 3 is 3.11 bits per heavy atom. The quantitative estimate of drug-likeness (QED) is 0.327. The Morgan fingerprint density at radius 2 is 2.67 bits per heavy atom. The van der Waals surface area contributed by atoms with E-state index in [2.05, 4.69) is 20.7 Å². The molecule has 0 aliphatic carbocycles. The van der Waals surface area contributed by atoms with Gasteiger partial charge in [-0.2, -0.15) is 10.3 Å². The first kappa shape index (κ1) is 8.61. The summed E-state index contributed by atoms with van der Waals surface area (Å²) in [6.45, 7) is 0. The maximum atomic E-state index is 9.68. The molecule has 9 heavy (non-hydrogen) atoms. The molecule has 0 aliphatic heterocycles. The molecule has 1 amide bonds. The largest absolute Gasteiger partial charge is 1.00 e. The fourth-order valence-corrected chi connectivity index (χ4v) is 0.332. The number of rotatable bonds is 2. The number of carbonyl (C=O) groups excluding carboxylic acids is 1. The van der Waals surface area contributed by atoms with Crippen LogP contribution in [0.2, 0.25) is 0 Å². The van der Waals surface area contributed by atoms with Crippen molar-refractivity contribution in [2.45, 2.75) is 0 Å². The Labute approximate surface area is 75.0 Å². The first-order valence-electron chi connectivity index (χ1n) is 1.99. The summed E-state index contributed by atoms with van der Waals surface area (Å²) in [5.74, 6) is 0.431. The van der Waals surface area contributed by atoms with Crippen LogP contribution in [0.4, 0.5) is 5.82 Å². The van der Waals surface area contributed by atoms with E-state index < -0.39 is 0 Å². The molecule has 0 radical (unpaired) electrons. The summed E-state index contributed by atoms with van der Waals surface area (Å²) in [4.78, 5) is 9.68. The monoisotopic (exact) mass is 136 g/mol. The van der Waals surface area contributed by atoms with Crippen molar-refractivity contribution < 1.29 is 35.8 Å². The SMILES string of the molecule is O=CNc1cn[nH]n1.[H-].[Na+]. The molecule has 1 aromatic heterocycles. The van der Waals surface area contributed by atoms with Gasteiger partial charge in [0.25, 0.3) is 0 Å². The topological polar surface area (TPSA) is 70.7 Å². The Bertz CT molecular complexity index is 167. The molecule has 1 rings (SSSR count). The molecule has 0 aromatic carbocycles. The zero-order chi connectivity index (χ0) is 5.82. The van der Waals surface area contributed by atoms with Crippen LogP contribution < -0.4 is 34.9 Å². The van der Waals surface area contributed by atoms with Gasteiger partial charge < -0.3 is 6.74 Å². The molecule has 0 fully saturated rings. The summed E-state index contributed by atoms with van der Waals surface area (Å²) in [6, 6.07) is 0. The van der Waals surface area contributed by atoms with Gasteiger partial charge in [0, 0.05) is 0 Å². The van der Waals surface area contributed by atoms with Gasteiger partial charge in [0.2, 0.25) is 6.41 Å². The molecule has 1 heterocycles. The van der Waals surface area contributed by atoms with Crippen molar-refractivity contribution >= 4 is 12.2 Å². The molecule has 5 nitrogen and oxygen atoms in total. The van der Waals surface area contributed by atoms with E-state index in [4.69, 9.17) is 0 Å². The number of H-pyrrole nitrogens is 1. The minimum absolute atomic E-state index is 0. The number of nitrogens with zero attached hydrogens (tertiary/aromatic N) is 2. The van der Waals surface area contributed by atoms with Crippen molar-refractivity contribution in [3.8, 4) is 0 Å². The van der Waals surface area contributed by atoms with E-state index in [1.807, 2.05) is 0 Å². The van der Waals surface area contributed by atoms with E-state index in [1.54, 1.807) is 0 Å². The minimum atomic E-state index is 0. The Hall–Kier alpha value is -0.390. The van der Waals surface area contributed by atoms with E-state index in [-0.39, 0.29) is 31.0 Å². The number of carbonyl (C=O) groups is 1. The molecule has 0 spiro atoms. The fraction of sp³-hybridized carbons (Fsp3) is 0. The Kier molecular flexibility index (Phi) is 4.29. The molecule has 2 N–H and O–H groups in total. The summed E-state index contributed by atoms with van der Waals surface area (Å²) in [5, 5.41) is 11.6. The number of hydrogen-bond acceptors (Lipinski definition) is 3. The number of aromatic amines is 1. The van der Waals surface area contributed by atoms with Crippen molar-refractivity contribution in [3.05, 3.63) is 6.20 Å². The zero-order valence-corrected chi connectivity index (χ0v) is 6.96. The molecule has 0 atom stereocenters. The van der Waals surface area contributed by atoms with Gasteiger partial charge in [-0.15, -0.1) is 5.10 Å². The molecular formula is C3H5N4NaO. The first-order chi connectivity index (χ1) is 3.93. The number of anilines is 1. The van der Waals surface area contributed by atoms with E-state index >= 15 is 0 Å². The van der Waals surface area contributed by atoms with Crippen LogP contribution in [0.3, 0.4) is 0 Å². The smallest absolute Gasteiger partial charge is 1.00 e. The molecule has 0 saturated heterocycles. The van der Waals surface area contributed by atoms with Gasteiger partial charge in [0.05, 0.1) is 6.20 Å². The van der Waals surface area contributed by atoms with Gasteiger partial charge in [-0.25, -0.2) is 0 Å². The molecule has 1 aromatic rings. The van der Waals surface area contributed by atoms with Crippen LogP contribution in [0.1, 0.15) is 1.43 Å². The van der Waals surface area contributed by atoms with E-state index in [9.17, 15) is 4.79 Å². The van der Waals surface area contributed by atoms with Crippen molar-refractivity contribution in [2.24, 2.45) is 0 Å². The third kappa shape index (κ3) is 2.59. The standard InChI is InChI=1S/C3H4N4O.Na.H/c8-2-4-3-1-5-7-6-3;;/h1-2H,(H2,4,5,6,7,8);;/q;+1;-1. The fourth-order valence-electron chi connectivity index (χ4n) is 0.332. The number of hydrogen-bond donors (Lipinski definition) is 2. The van der Waals surface area contributed by atoms with Crippen molar-refractivity contribution in [1.82, 2.24) is 15.4 Å². The molecule has 0 bridgehead atoms. The van der Waals surface area contributed by atoms with Crippen LogP contribution in [0, 0.1) is 0 Å². The van der Waals surface area contributed by atoms with Gasteiger partial charge in [0.15, 0.2) is 5.82 Å². The van der Waals surface area contributed by atoms with E-state index in [0.29, 0.717) is 12.2 Å². The van der Waals surface area contributed by atoms with Crippen molar-refractivity contribution in [2.75, 3.05) is 5.32 Å². The van der Waals surface area contributed by atoms with Crippen LogP contribution in [-0.4, -0.2) is 21.8 Å². The number of nitrogens with one attached hydrogen (secondary N) is 2. The van der Waals surface area contributed by atoms with Gasteiger partial charge in [-0.3, -0.25) is 4.79 Å². The molecule has 0 unspecified atom stereocenters. The maximum absolute atomic E-state index is 9.68. The molecule has 44 valence electrons. The summed E-state index contributed by atoms with van der Waals surface area (Å²) in [6.07, 6.45) is 1.95. The van der Waals surface area contributed by atoms with Gasteiger partial charge in [-0.05, 0) is 0 Å². The van der Waals surface area contributed by atoms with Crippen molar-refractivity contribution in [3.63, 3.8) is 0 Å². The molecule has 0 aliphatic rings. The van der Waals surface area contributed by atoms with Crippen LogP contribution >= 0.6 is 0 Å². The second-order valence-electron chi connectivity index (χ2n) is 1.12. The normalized spacial score (nSPS) is 7.56. The van der Waals surface area contributed by atoms with Gasteiger partial charge in [-0.1, -0.05) is 0 Å². The van der Waals surface area contributed by atoms with Gasteiger partial charge in [0.1, 0.15) is 0 Å². The summed E-state index contributed by atoms with van der Waals surface area (Å²) in [7, 11) is 0. The Balaban J connectivity index is 0. The molecule has 0 saturated carbocycles. The van der Waals surface area contributed by atoms with Crippen LogP contribution in [0.15, 0.2) is 6.20 Å². The molecule has 6 heteroatoms. The second-order valence-corrected chi connectivity index (χ2v) is 1.12.